The Kier molecular flexibility index (Phi) is 3.56. The molecule has 0 aliphatic carbocycles. The highest BCUT2D eigenvalue weighted by molar-refractivity contribution is 6.10. The lowest BCUT2D eigenvalue weighted by molar-refractivity contribution is 0.103. The van der Waals surface area contributed by atoms with Gasteiger partial charge in [-0.1, -0.05) is 0 Å². The molecule has 0 heterocycles. The Labute approximate surface area is 113 Å². The quantitative estimate of drug-likeness (QED) is 0.677. The minimum Gasteiger partial charge on any atom is -0.496 e. The van der Waals surface area contributed by atoms with Crippen molar-refractivity contribution in [3.63, 3.8) is 0 Å². The molecule has 3 heteroatoms. The number of carbonyl (C=O) groups excluding carboxylic acids is 1. The Morgan fingerprint density at radius 1 is 1.00 bits per heavy atom. The molecular formula is C16H17NO2. The molecule has 0 amide bonds. The van der Waals surface area contributed by atoms with E-state index in [9.17, 15) is 4.79 Å². The number of methoxy groups -OCH3 is 1. The third-order valence-electron chi connectivity index (χ3n) is 3.37. The van der Waals surface area contributed by atoms with E-state index in [-0.39, 0.29) is 5.78 Å². The molecule has 98 valence electrons. The largest absolute Gasteiger partial charge is 0.496 e. The molecular weight excluding hydrogens is 238 g/mol. The monoisotopic (exact) mass is 255 g/mol. The van der Waals surface area contributed by atoms with E-state index >= 15 is 0 Å². The predicted molar refractivity (Wildman–Crippen MR) is 76.8 cm³/mol. The van der Waals surface area contributed by atoms with E-state index in [2.05, 4.69) is 0 Å². The molecule has 0 saturated heterocycles. The molecule has 0 aliphatic heterocycles. The van der Waals surface area contributed by atoms with E-state index < -0.39 is 0 Å². The number of ketones is 1. The van der Waals surface area contributed by atoms with Crippen molar-refractivity contribution in [3.05, 3.63) is 58.7 Å². The summed E-state index contributed by atoms with van der Waals surface area (Å²) in [5.74, 6) is 0.801. The predicted octanol–water partition coefficient (Wildman–Crippen LogP) is 3.13. The van der Waals surface area contributed by atoms with Gasteiger partial charge in [0.05, 0.1) is 7.11 Å². The molecule has 0 bridgehead atoms. The van der Waals surface area contributed by atoms with Crippen LogP contribution in [0.2, 0.25) is 0 Å². The molecule has 0 aromatic heterocycles. The van der Waals surface area contributed by atoms with Crippen LogP contribution in [-0.4, -0.2) is 12.9 Å². The molecule has 3 nitrogen and oxygen atoms in total. The van der Waals surface area contributed by atoms with Crippen molar-refractivity contribution >= 4 is 11.5 Å². The van der Waals surface area contributed by atoms with Gasteiger partial charge in [-0.15, -0.1) is 0 Å². The van der Waals surface area contributed by atoms with Gasteiger partial charge in [0.2, 0.25) is 0 Å². The smallest absolute Gasteiger partial charge is 0.193 e. The van der Waals surface area contributed by atoms with Crippen LogP contribution in [0.1, 0.15) is 27.0 Å². The molecule has 19 heavy (non-hydrogen) atoms. The van der Waals surface area contributed by atoms with Crippen LogP contribution in [0, 0.1) is 13.8 Å². The maximum atomic E-state index is 12.4. The average Bonchev–Trinajstić information content (AvgIpc) is 2.42. The van der Waals surface area contributed by atoms with Crippen molar-refractivity contribution in [1.29, 1.82) is 0 Å². The van der Waals surface area contributed by atoms with Crippen LogP contribution in [0.5, 0.6) is 5.75 Å². The zero-order chi connectivity index (χ0) is 14.0. The molecule has 0 atom stereocenters. The second-order valence-electron chi connectivity index (χ2n) is 4.52. The SMILES string of the molecule is COc1ccc(C(=O)c2ccc(N)cc2)c(C)c1C. The van der Waals surface area contributed by atoms with Crippen molar-refractivity contribution in [1.82, 2.24) is 0 Å². The van der Waals surface area contributed by atoms with Crippen LogP contribution in [0.15, 0.2) is 36.4 Å². The maximum absolute atomic E-state index is 12.4. The third-order valence-corrected chi connectivity index (χ3v) is 3.37. The topological polar surface area (TPSA) is 52.3 Å². The Morgan fingerprint density at radius 2 is 1.63 bits per heavy atom. The first-order valence-electron chi connectivity index (χ1n) is 6.09. The lowest BCUT2D eigenvalue weighted by Crippen LogP contribution is -2.05. The van der Waals surface area contributed by atoms with Crippen LogP contribution in [0.4, 0.5) is 5.69 Å². The minimum atomic E-state index is 0.00301. The Hall–Kier alpha value is -2.29. The Balaban J connectivity index is 2.45. The second kappa shape index (κ2) is 5.14. The number of benzene rings is 2. The van der Waals surface area contributed by atoms with Crippen molar-refractivity contribution in [3.8, 4) is 5.75 Å². The summed E-state index contributed by atoms with van der Waals surface area (Å²) >= 11 is 0. The van der Waals surface area contributed by atoms with E-state index in [4.69, 9.17) is 10.5 Å². The number of ether oxygens (including phenoxy) is 1. The zero-order valence-corrected chi connectivity index (χ0v) is 11.4. The van der Waals surface area contributed by atoms with Gasteiger partial charge in [-0.05, 0) is 61.4 Å². The summed E-state index contributed by atoms with van der Waals surface area (Å²) in [6.07, 6.45) is 0. The van der Waals surface area contributed by atoms with Gasteiger partial charge in [-0.3, -0.25) is 4.79 Å². The van der Waals surface area contributed by atoms with E-state index in [1.165, 1.54) is 0 Å². The zero-order valence-electron chi connectivity index (χ0n) is 11.4. The van der Waals surface area contributed by atoms with E-state index in [1.54, 1.807) is 37.4 Å². The normalized spacial score (nSPS) is 10.3. The van der Waals surface area contributed by atoms with Gasteiger partial charge in [-0.2, -0.15) is 0 Å². The Morgan fingerprint density at radius 3 is 2.21 bits per heavy atom. The van der Waals surface area contributed by atoms with Crippen LogP contribution in [0.3, 0.4) is 0 Å². The summed E-state index contributed by atoms with van der Waals surface area (Å²) in [5, 5.41) is 0. The van der Waals surface area contributed by atoms with E-state index in [0.717, 1.165) is 16.9 Å². The van der Waals surface area contributed by atoms with Gasteiger partial charge in [0, 0.05) is 16.8 Å². The molecule has 0 aliphatic rings. The summed E-state index contributed by atoms with van der Waals surface area (Å²) in [4.78, 5) is 12.4. The maximum Gasteiger partial charge on any atom is 0.193 e. The molecule has 2 aromatic carbocycles. The van der Waals surface area contributed by atoms with Crippen LogP contribution in [-0.2, 0) is 0 Å². The van der Waals surface area contributed by atoms with Crippen LogP contribution >= 0.6 is 0 Å². The van der Waals surface area contributed by atoms with Gasteiger partial charge in [0.25, 0.3) is 0 Å². The number of anilines is 1. The minimum absolute atomic E-state index is 0.00301. The van der Waals surface area contributed by atoms with Gasteiger partial charge < -0.3 is 10.5 Å². The first-order valence-corrected chi connectivity index (χ1v) is 6.09. The van der Waals surface area contributed by atoms with Gasteiger partial charge >= 0.3 is 0 Å². The molecule has 0 fully saturated rings. The third kappa shape index (κ3) is 2.45. The van der Waals surface area contributed by atoms with Crippen molar-refractivity contribution in [2.75, 3.05) is 12.8 Å². The molecule has 0 unspecified atom stereocenters. The number of carbonyl (C=O) groups is 1. The Bertz CT molecular complexity index is 615. The fourth-order valence-corrected chi connectivity index (χ4v) is 2.05. The van der Waals surface area contributed by atoms with E-state index in [0.29, 0.717) is 16.8 Å². The highest BCUT2D eigenvalue weighted by Crippen LogP contribution is 2.25. The van der Waals surface area contributed by atoms with Gasteiger partial charge in [-0.25, -0.2) is 0 Å². The molecule has 2 rings (SSSR count). The summed E-state index contributed by atoms with van der Waals surface area (Å²) in [6.45, 7) is 3.89. The summed E-state index contributed by atoms with van der Waals surface area (Å²) in [6, 6.07) is 10.6. The van der Waals surface area contributed by atoms with Crippen molar-refractivity contribution < 1.29 is 9.53 Å². The lowest BCUT2D eigenvalue weighted by Gasteiger charge is -2.12. The summed E-state index contributed by atoms with van der Waals surface area (Å²) in [7, 11) is 1.63. The molecule has 0 radical (unpaired) electrons. The standard InChI is InChI=1S/C16H17NO2/c1-10-11(2)15(19-3)9-8-14(10)16(18)12-4-6-13(17)7-5-12/h4-9H,17H2,1-3H3. The average molecular weight is 255 g/mol. The van der Waals surface area contributed by atoms with Crippen molar-refractivity contribution in [2.24, 2.45) is 0 Å². The van der Waals surface area contributed by atoms with Crippen LogP contribution in [0.25, 0.3) is 0 Å². The number of rotatable bonds is 3. The van der Waals surface area contributed by atoms with Gasteiger partial charge in [0.1, 0.15) is 5.75 Å². The second-order valence-corrected chi connectivity index (χ2v) is 4.52. The fourth-order valence-electron chi connectivity index (χ4n) is 2.05. The highest BCUT2D eigenvalue weighted by Gasteiger charge is 2.14. The van der Waals surface area contributed by atoms with Gasteiger partial charge in [0.15, 0.2) is 5.78 Å². The van der Waals surface area contributed by atoms with E-state index in [1.807, 2.05) is 19.9 Å². The molecule has 0 spiro atoms. The fraction of sp³-hybridized carbons (Fsp3) is 0.188. The number of nitrogens with two attached hydrogens (primary N) is 1. The first-order chi connectivity index (χ1) is 9.04. The first kappa shape index (κ1) is 13.1. The highest BCUT2D eigenvalue weighted by atomic mass is 16.5. The van der Waals surface area contributed by atoms with Crippen LogP contribution < -0.4 is 10.5 Å². The molecule has 2 N–H and O–H groups in total. The number of hydrogen-bond acceptors (Lipinski definition) is 3. The summed E-state index contributed by atoms with van der Waals surface area (Å²) < 4.78 is 5.25. The number of hydrogen-bond donors (Lipinski definition) is 1. The summed E-state index contributed by atoms with van der Waals surface area (Å²) in [5.41, 5.74) is 9.55. The number of nitrogen functional groups attached to an aromatic ring is 1. The molecule has 2 aromatic rings. The lowest BCUT2D eigenvalue weighted by atomic mass is 9.95. The van der Waals surface area contributed by atoms with Crippen molar-refractivity contribution in [2.45, 2.75) is 13.8 Å². The molecule has 0 saturated carbocycles.